The number of carbonyl (C=O) groups is 1. The van der Waals surface area contributed by atoms with Gasteiger partial charge in [0.1, 0.15) is 0 Å². The van der Waals surface area contributed by atoms with Gasteiger partial charge in [-0.2, -0.15) is 0 Å². The van der Waals surface area contributed by atoms with Gasteiger partial charge in [0.2, 0.25) is 5.91 Å². The Hall–Kier alpha value is -0.610. The van der Waals surface area contributed by atoms with Gasteiger partial charge in [0.05, 0.1) is 11.6 Å². The van der Waals surface area contributed by atoms with Crippen LogP contribution in [0.3, 0.4) is 0 Å². The molecule has 1 saturated carbocycles. The van der Waals surface area contributed by atoms with Crippen LogP contribution in [0.2, 0.25) is 0 Å². The highest BCUT2D eigenvalue weighted by Crippen LogP contribution is 2.39. The fourth-order valence-electron chi connectivity index (χ4n) is 2.47. The summed E-state index contributed by atoms with van der Waals surface area (Å²) in [7, 11) is 0. The molecule has 20 heavy (non-hydrogen) atoms. The lowest BCUT2D eigenvalue weighted by molar-refractivity contribution is -0.123. The van der Waals surface area contributed by atoms with Crippen LogP contribution < -0.4 is 10.6 Å². The third-order valence-electron chi connectivity index (χ3n) is 4.67. The van der Waals surface area contributed by atoms with Crippen molar-refractivity contribution in [1.29, 1.82) is 0 Å². The fraction of sp³-hybridized carbons (Fsp3) is 0.938. The third-order valence-corrected chi connectivity index (χ3v) is 4.67. The summed E-state index contributed by atoms with van der Waals surface area (Å²) in [6, 6.07) is -0.0618. The van der Waals surface area contributed by atoms with Crippen molar-refractivity contribution in [2.24, 2.45) is 5.41 Å². The Morgan fingerprint density at radius 1 is 1.20 bits per heavy atom. The maximum Gasteiger partial charge on any atom is 0.237 e. The van der Waals surface area contributed by atoms with Crippen LogP contribution >= 0.6 is 0 Å². The largest absolute Gasteiger partial charge is 0.389 e. The fourth-order valence-corrected chi connectivity index (χ4v) is 2.47. The van der Waals surface area contributed by atoms with Crippen LogP contribution in [0.25, 0.3) is 0 Å². The first-order valence-corrected chi connectivity index (χ1v) is 7.94. The Bertz CT molecular complexity index is 318. The van der Waals surface area contributed by atoms with E-state index in [1.165, 1.54) is 0 Å². The van der Waals surface area contributed by atoms with E-state index in [-0.39, 0.29) is 18.0 Å². The highest BCUT2D eigenvalue weighted by atomic mass is 16.3. The second-order valence-electron chi connectivity index (χ2n) is 7.31. The minimum atomic E-state index is -0.652. The van der Waals surface area contributed by atoms with Crippen molar-refractivity contribution >= 4 is 5.91 Å². The van der Waals surface area contributed by atoms with Crippen LogP contribution in [0.5, 0.6) is 0 Å². The normalized spacial score (nSPS) is 23.9. The number of rotatable bonds is 6. The van der Waals surface area contributed by atoms with E-state index in [0.29, 0.717) is 12.0 Å². The third kappa shape index (κ3) is 5.41. The summed E-state index contributed by atoms with van der Waals surface area (Å²) in [6.45, 7) is 10.9. The minimum Gasteiger partial charge on any atom is -0.389 e. The molecule has 0 aliphatic heterocycles. The number of amides is 1. The molecule has 0 saturated heterocycles. The maximum absolute atomic E-state index is 11.9. The molecule has 2 unspecified atom stereocenters. The van der Waals surface area contributed by atoms with E-state index in [1.54, 1.807) is 0 Å². The summed E-state index contributed by atoms with van der Waals surface area (Å²) in [5, 5.41) is 16.7. The van der Waals surface area contributed by atoms with Gasteiger partial charge in [-0.05, 0) is 51.4 Å². The number of aliphatic hydroxyl groups is 1. The summed E-state index contributed by atoms with van der Waals surface area (Å²) in [5.74, 6) is 0.0130. The van der Waals surface area contributed by atoms with Crippen molar-refractivity contribution in [1.82, 2.24) is 10.6 Å². The maximum atomic E-state index is 11.9. The summed E-state index contributed by atoms with van der Waals surface area (Å²) in [6.07, 6.45) is 4.63. The number of carbonyl (C=O) groups excluding carboxylic acids is 1. The van der Waals surface area contributed by atoms with Gasteiger partial charge in [0.15, 0.2) is 0 Å². The molecule has 0 spiro atoms. The Morgan fingerprint density at radius 2 is 1.75 bits per heavy atom. The minimum absolute atomic E-state index is 0.0130. The average molecular weight is 284 g/mol. The number of nitrogens with one attached hydrogen (secondary N) is 2. The molecule has 0 radical (unpaired) electrons. The second kappa shape index (κ2) is 6.90. The lowest BCUT2D eigenvalue weighted by atomic mass is 9.71. The van der Waals surface area contributed by atoms with Gasteiger partial charge < -0.3 is 15.7 Å². The van der Waals surface area contributed by atoms with Crippen molar-refractivity contribution in [3.05, 3.63) is 0 Å². The lowest BCUT2D eigenvalue weighted by Gasteiger charge is -2.40. The zero-order valence-electron chi connectivity index (χ0n) is 13.8. The van der Waals surface area contributed by atoms with E-state index in [2.05, 4.69) is 31.4 Å². The van der Waals surface area contributed by atoms with E-state index in [9.17, 15) is 9.90 Å². The van der Waals surface area contributed by atoms with Gasteiger partial charge in [-0.3, -0.25) is 4.79 Å². The first kappa shape index (κ1) is 17.4. The molecule has 0 heterocycles. The second-order valence-corrected chi connectivity index (χ2v) is 7.31. The van der Waals surface area contributed by atoms with Crippen LogP contribution in [0.15, 0.2) is 0 Å². The topological polar surface area (TPSA) is 61.4 Å². The molecule has 0 aromatic rings. The molecule has 1 fully saturated rings. The van der Waals surface area contributed by atoms with Crippen molar-refractivity contribution in [3.63, 3.8) is 0 Å². The van der Waals surface area contributed by atoms with Crippen LogP contribution in [-0.2, 0) is 4.79 Å². The molecule has 1 rings (SSSR count). The van der Waals surface area contributed by atoms with Gasteiger partial charge in [0.25, 0.3) is 0 Å². The smallest absolute Gasteiger partial charge is 0.237 e. The first-order chi connectivity index (χ1) is 9.17. The standard InChI is InChI=1S/C16H32N2O2/c1-6-12(2)18-14(19)13(3)17-11-16(20)9-7-15(4,5)8-10-16/h12-13,17,20H,6-11H2,1-5H3,(H,18,19). The van der Waals surface area contributed by atoms with Crippen LogP contribution in [0.1, 0.15) is 66.7 Å². The molecule has 0 aromatic heterocycles. The Balaban J connectivity index is 2.37. The molecule has 1 aliphatic rings. The molecule has 3 N–H and O–H groups in total. The summed E-state index contributed by atoms with van der Waals surface area (Å²) in [4.78, 5) is 11.9. The Morgan fingerprint density at radius 3 is 2.25 bits per heavy atom. The van der Waals surface area contributed by atoms with Gasteiger partial charge in [-0.25, -0.2) is 0 Å². The van der Waals surface area contributed by atoms with E-state index >= 15 is 0 Å². The monoisotopic (exact) mass is 284 g/mol. The summed E-state index contributed by atoms with van der Waals surface area (Å²) >= 11 is 0. The van der Waals surface area contributed by atoms with E-state index in [4.69, 9.17) is 0 Å². The predicted octanol–water partition coefficient (Wildman–Crippen LogP) is 2.21. The zero-order valence-corrected chi connectivity index (χ0v) is 13.8. The molecule has 2 atom stereocenters. The van der Waals surface area contributed by atoms with Crippen molar-refractivity contribution in [2.45, 2.75) is 84.4 Å². The van der Waals surface area contributed by atoms with E-state index in [0.717, 1.165) is 32.1 Å². The van der Waals surface area contributed by atoms with Crippen LogP contribution in [-0.4, -0.2) is 35.2 Å². The Kier molecular flexibility index (Phi) is 6.02. The van der Waals surface area contributed by atoms with Gasteiger partial charge in [-0.1, -0.05) is 20.8 Å². The number of hydrogen-bond acceptors (Lipinski definition) is 3. The van der Waals surface area contributed by atoms with Crippen molar-refractivity contribution in [2.75, 3.05) is 6.54 Å². The highest BCUT2D eigenvalue weighted by molar-refractivity contribution is 5.81. The Labute approximate surface area is 123 Å². The number of hydrogen-bond donors (Lipinski definition) is 3. The molecule has 1 aliphatic carbocycles. The van der Waals surface area contributed by atoms with Gasteiger partial charge >= 0.3 is 0 Å². The lowest BCUT2D eigenvalue weighted by Crippen LogP contribution is -2.51. The molecule has 0 bridgehead atoms. The molecular formula is C16H32N2O2. The molecular weight excluding hydrogens is 252 g/mol. The van der Waals surface area contributed by atoms with Crippen LogP contribution in [0, 0.1) is 5.41 Å². The average Bonchev–Trinajstić information content (AvgIpc) is 2.40. The molecule has 4 nitrogen and oxygen atoms in total. The molecule has 4 heteroatoms. The van der Waals surface area contributed by atoms with E-state index in [1.807, 2.05) is 13.8 Å². The highest BCUT2D eigenvalue weighted by Gasteiger charge is 2.36. The molecule has 0 aromatic carbocycles. The summed E-state index contributed by atoms with van der Waals surface area (Å²) in [5.41, 5.74) is -0.313. The van der Waals surface area contributed by atoms with Crippen molar-refractivity contribution in [3.8, 4) is 0 Å². The quantitative estimate of drug-likeness (QED) is 0.701. The van der Waals surface area contributed by atoms with Gasteiger partial charge in [0, 0.05) is 12.6 Å². The molecule has 118 valence electrons. The van der Waals surface area contributed by atoms with Crippen molar-refractivity contribution < 1.29 is 9.90 Å². The molecule has 1 amide bonds. The predicted molar refractivity (Wildman–Crippen MR) is 82.6 cm³/mol. The van der Waals surface area contributed by atoms with Crippen LogP contribution in [0.4, 0.5) is 0 Å². The first-order valence-electron chi connectivity index (χ1n) is 7.94. The van der Waals surface area contributed by atoms with Gasteiger partial charge in [-0.15, -0.1) is 0 Å². The SMILES string of the molecule is CCC(C)NC(=O)C(C)NCC1(O)CCC(C)(C)CC1. The van der Waals surface area contributed by atoms with E-state index < -0.39 is 5.60 Å². The zero-order chi connectivity index (χ0) is 15.4. The summed E-state index contributed by atoms with van der Waals surface area (Å²) < 4.78 is 0.